The number of hydrogen-bond donors (Lipinski definition) is 3. The van der Waals surface area contributed by atoms with Crippen molar-refractivity contribution in [2.75, 3.05) is 6.61 Å². The third-order valence-corrected chi connectivity index (χ3v) is 2.30. The Morgan fingerprint density at radius 2 is 2.25 bits per heavy atom. The molecule has 0 bridgehead atoms. The number of amides is 1. The van der Waals surface area contributed by atoms with E-state index in [2.05, 4.69) is 10.3 Å². The summed E-state index contributed by atoms with van der Waals surface area (Å²) in [4.78, 5) is 25.3. The number of aryl methyl sites for hydroxylation is 1. The van der Waals surface area contributed by atoms with Crippen LogP contribution in [-0.2, 0) is 0 Å². The number of carbonyl (C=O) groups is 1. The summed E-state index contributed by atoms with van der Waals surface area (Å²) in [5.74, 6) is -0.241. The van der Waals surface area contributed by atoms with Gasteiger partial charge in [-0.1, -0.05) is 0 Å². The van der Waals surface area contributed by atoms with Crippen molar-refractivity contribution in [1.82, 2.24) is 10.3 Å². The molecule has 0 saturated carbocycles. The molecule has 1 amide bonds. The number of hydrogen-bond acceptors (Lipinski definition) is 3. The molecule has 0 saturated heterocycles. The highest BCUT2D eigenvalue weighted by Gasteiger charge is 2.11. The van der Waals surface area contributed by atoms with Crippen molar-refractivity contribution in [1.29, 1.82) is 0 Å². The maximum absolute atomic E-state index is 11.7. The number of aromatic nitrogens is 1. The van der Waals surface area contributed by atoms with Crippen molar-refractivity contribution in [3.63, 3.8) is 0 Å². The fourth-order valence-corrected chi connectivity index (χ4v) is 1.39. The Labute approximate surface area is 93.5 Å². The molecule has 0 aliphatic rings. The topological polar surface area (TPSA) is 82.2 Å². The summed E-state index contributed by atoms with van der Waals surface area (Å²) in [5.41, 5.74) is 0.767. The van der Waals surface area contributed by atoms with Gasteiger partial charge in [0.25, 0.3) is 5.91 Å². The van der Waals surface area contributed by atoms with Gasteiger partial charge in [0.2, 0.25) is 5.56 Å². The second-order valence-electron chi connectivity index (χ2n) is 3.75. The van der Waals surface area contributed by atoms with E-state index in [0.29, 0.717) is 17.7 Å². The number of aliphatic hydroxyl groups excluding tert-OH is 1. The van der Waals surface area contributed by atoms with Gasteiger partial charge in [-0.3, -0.25) is 9.59 Å². The predicted molar refractivity (Wildman–Crippen MR) is 60.4 cm³/mol. The van der Waals surface area contributed by atoms with E-state index in [1.807, 2.05) is 6.92 Å². The lowest BCUT2D eigenvalue weighted by Crippen LogP contribution is -2.34. The largest absolute Gasteiger partial charge is 0.396 e. The number of nitrogens with one attached hydrogen (secondary N) is 2. The van der Waals surface area contributed by atoms with E-state index >= 15 is 0 Å². The maximum atomic E-state index is 11.7. The normalized spacial score (nSPS) is 12.2. The predicted octanol–water partition coefficient (Wildman–Crippen LogP) is 0.184. The van der Waals surface area contributed by atoms with E-state index in [4.69, 9.17) is 5.11 Å². The molecular weight excluding hydrogens is 208 g/mol. The number of H-pyrrole nitrogens is 1. The Kier molecular flexibility index (Phi) is 4.25. The highest BCUT2D eigenvalue weighted by Crippen LogP contribution is 2.02. The first-order valence-corrected chi connectivity index (χ1v) is 5.16. The lowest BCUT2D eigenvalue weighted by Gasteiger charge is -2.13. The van der Waals surface area contributed by atoms with Gasteiger partial charge in [-0.15, -0.1) is 0 Å². The van der Waals surface area contributed by atoms with Crippen molar-refractivity contribution < 1.29 is 9.90 Å². The Hall–Kier alpha value is -1.62. The molecule has 5 nitrogen and oxygen atoms in total. The standard InChI is InChI=1S/C11H16N2O3/c1-7(5-6-14)12-11(16)9-3-4-10(15)13-8(9)2/h3-4,7,14H,5-6H2,1-2H3,(H,12,16)(H,13,15)/t7-/m1/s1. The van der Waals surface area contributed by atoms with Gasteiger partial charge in [0.1, 0.15) is 0 Å². The Morgan fingerprint density at radius 1 is 1.56 bits per heavy atom. The van der Waals surface area contributed by atoms with Crippen LogP contribution in [0.5, 0.6) is 0 Å². The van der Waals surface area contributed by atoms with Crippen LogP contribution in [0.25, 0.3) is 0 Å². The van der Waals surface area contributed by atoms with Gasteiger partial charge >= 0.3 is 0 Å². The molecule has 0 radical (unpaired) electrons. The summed E-state index contributed by atoms with van der Waals surface area (Å²) in [7, 11) is 0. The molecule has 0 aromatic carbocycles. The molecule has 88 valence electrons. The fraction of sp³-hybridized carbons (Fsp3) is 0.455. The van der Waals surface area contributed by atoms with E-state index in [-0.39, 0.29) is 24.1 Å². The van der Waals surface area contributed by atoms with Crippen LogP contribution in [0, 0.1) is 6.92 Å². The maximum Gasteiger partial charge on any atom is 0.253 e. The molecule has 1 aromatic rings. The summed E-state index contributed by atoms with van der Waals surface area (Å²) >= 11 is 0. The number of aliphatic hydroxyl groups is 1. The smallest absolute Gasteiger partial charge is 0.253 e. The van der Waals surface area contributed by atoms with Crippen LogP contribution in [0.2, 0.25) is 0 Å². The highest BCUT2D eigenvalue weighted by molar-refractivity contribution is 5.95. The first-order chi connectivity index (χ1) is 7.54. The van der Waals surface area contributed by atoms with Crippen molar-refractivity contribution in [2.24, 2.45) is 0 Å². The summed E-state index contributed by atoms with van der Waals surface area (Å²) in [6.45, 7) is 3.52. The summed E-state index contributed by atoms with van der Waals surface area (Å²) in [5, 5.41) is 11.4. The minimum atomic E-state index is -0.241. The molecule has 16 heavy (non-hydrogen) atoms. The summed E-state index contributed by atoms with van der Waals surface area (Å²) in [6.07, 6.45) is 0.508. The molecule has 3 N–H and O–H groups in total. The Bertz CT molecular complexity index is 425. The SMILES string of the molecule is Cc1[nH]c(=O)ccc1C(=O)N[C@H](C)CCO. The monoisotopic (exact) mass is 224 g/mol. The highest BCUT2D eigenvalue weighted by atomic mass is 16.3. The first-order valence-electron chi connectivity index (χ1n) is 5.16. The van der Waals surface area contributed by atoms with E-state index in [1.54, 1.807) is 6.92 Å². The van der Waals surface area contributed by atoms with Gasteiger partial charge in [-0.2, -0.15) is 0 Å². The summed E-state index contributed by atoms with van der Waals surface area (Å²) < 4.78 is 0. The van der Waals surface area contributed by atoms with Crippen LogP contribution < -0.4 is 10.9 Å². The number of carbonyl (C=O) groups excluding carboxylic acids is 1. The average molecular weight is 224 g/mol. The second-order valence-corrected chi connectivity index (χ2v) is 3.75. The third kappa shape index (κ3) is 3.20. The molecule has 1 rings (SSSR count). The van der Waals surface area contributed by atoms with Crippen molar-refractivity contribution in [3.05, 3.63) is 33.7 Å². The third-order valence-electron chi connectivity index (χ3n) is 2.30. The molecule has 5 heteroatoms. The van der Waals surface area contributed by atoms with E-state index in [9.17, 15) is 9.59 Å². The lowest BCUT2D eigenvalue weighted by molar-refractivity contribution is 0.0933. The molecule has 0 fully saturated rings. The van der Waals surface area contributed by atoms with Gasteiger partial charge in [0.15, 0.2) is 0 Å². The van der Waals surface area contributed by atoms with Gasteiger partial charge in [0.05, 0.1) is 5.56 Å². The molecular formula is C11H16N2O3. The Balaban J connectivity index is 2.77. The quantitative estimate of drug-likeness (QED) is 0.682. The first kappa shape index (κ1) is 12.4. The lowest BCUT2D eigenvalue weighted by atomic mass is 10.1. The zero-order valence-electron chi connectivity index (χ0n) is 9.41. The zero-order chi connectivity index (χ0) is 12.1. The Morgan fingerprint density at radius 3 is 2.81 bits per heavy atom. The number of pyridine rings is 1. The van der Waals surface area contributed by atoms with Gasteiger partial charge in [-0.05, 0) is 26.3 Å². The average Bonchev–Trinajstić information content (AvgIpc) is 2.17. The molecule has 1 heterocycles. The molecule has 1 atom stereocenters. The van der Waals surface area contributed by atoms with Gasteiger partial charge < -0.3 is 15.4 Å². The van der Waals surface area contributed by atoms with Crippen LogP contribution in [0.15, 0.2) is 16.9 Å². The van der Waals surface area contributed by atoms with Crippen molar-refractivity contribution in [2.45, 2.75) is 26.3 Å². The van der Waals surface area contributed by atoms with E-state index < -0.39 is 0 Å². The minimum Gasteiger partial charge on any atom is -0.396 e. The molecule has 1 aromatic heterocycles. The molecule has 0 aliphatic heterocycles. The van der Waals surface area contributed by atoms with Crippen LogP contribution in [-0.4, -0.2) is 28.6 Å². The van der Waals surface area contributed by atoms with Crippen LogP contribution in [0.3, 0.4) is 0 Å². The van der Waals surface area contributed by atoms with Crippen LogP contribution in [0.4, 0.5) is 0 Å². The van der Waals surface area contributed by atoms with Gasteiger partial charge in [-0.25, -0.2) is 0 Å². The molecule has 0 spiro atoms. The fourth-order valence-electron chi connectivity index (χ4n) is 1.39. The van der Waals surface area contributed by atoms with Crippen LogP contribution in [0.1, 0.15) is 29.4 Å². The number of rotatable bonds is 4. The second kappa shape index (κ2) is 5.46. The molecule has 0 unspecified atom stereocenters. The van der Waals surface area contributed by atoms with Gasteiger partial charge in [0, 0.05) is 24.4 Å². The minimum absolute atomic E-state index is 0.0338. The number of aromatic amines is 1. The summed E-state index contributed by atoms with van der Waals surface area (Å²) in [6, 6.07) is 2.72. The van der Waals surface area contributed by atoms with Crippen molar-refractivity contribution in [3.8, 4) is 0 Å². The van der Waals surface area contributed by atoms with Crippen molar-refractivity contribution >= 4 is 5.91 Å². The zero-order valence-corrected chi connectivity index (χ0v) is 9.41. The van der Waals surface area contributed by atoms with E-state index in [1.165, 1.54) is 12.1 Å². The van der Waals surface area contributed by atoms with E-state index in [0.717, 1.165) is 0 Å². The van der Waals surface area contributed by atoms with Crippen LogP contribution >= 0.6 is 0 Å². The molecule has 0 aliphatic carbocycles.